The van der Waals surface area contributed by atoms with Crippen LogP contribution in [0.25, 0.3) is 5.69 Å². The maximum Gasteiger partial charge on any atom is 0.203 e. The molecule has 168 valence electrons. The molecule has 1 saturated carbocycles. The molecule has 3 aromatic rings. The van der Waals surface area contributed by atoms with Gasteiger partial charge in [0.1, 0.15) is 12.4 Å². The molecule has 0 radical (unpaired) electrons. The molecular formula is C26H32N4OS. The highest BCUT2D eigenvalue weighted by Crippen LogP contribution is 2.33. The average Bonchev–Trinajstić information content (AvgIpc) is 3.47. The molecule has 2 fully saturated rings. The van der Waals surface area contributed by atoms with Crippen LogP contribution in [0.1, 0.15) is 62.3 Å². The smallest absolute Gasteiger partial charge is 0.203 e. The van der Waals surface area contributed by atoms with Crippen molar-refractivity contribution in [2.24, 2.45) is 0 Å². The normalized spacial score (nSPS) is 17.6. The van der Waals surface area contributed by atoms with E-state index in [1.54, 1.807) is 0 Å². The third-order valence-electron chi connectivity index (χ3n) is 6.78. The van der Waals surface area contributed by atoms with Gasteiger partial charge in [-0.2, -0.15) is 5.10 Å². The highest BCUT2D eigenvalue weighted by molar-refractivity contribution is 7.71. The average molecular weight is 449 g/mol. The molecule has 0 spiro atoms. The van der Waals surface area contributed by atoms with Crippen LogP contribution in [0.3, 0.4) is 0 Å². The highest BCUT2D eigenvalue weighted by Gasteiger charge is 2.18. The molecule has 0 unspecified atom stereocenters. The summed E-state index contributed by atoms with van der Waals surface area (Å²) < 4.78 is 10.9. The van der Waals surface area contributed by atoms with E-state index in [1.807, 2.05) is 27.4 Å². The van der Waals surface area contributed by atoms with Gasteiger partial charge in [0.15, 0.2) is 5.82 Å². The molecule has 1 aliphatic carbocycles. The Hall–Kier alpha value is -2.44. The Kier molecular flexibility index (Phi) is 6.69. The molecule has 6 heteroatoms. The Bertz CT molecular complexity index is 1060. The molecule has 5 nitrogen and oxygen atoms in total. The van der Waals surface area contributed by atoms with Crippen molar-refractivity contribution in [3.05, 3.63) is 70.8 Å². The number of rotatable bonds is 7. The van der Waals surface area contributed by atoms with Gasteiger partial charge in [0.05, 0.1) is 6.67 Å². The van der Waals surface area contributed by atoms with Crippen molar-refractivity contribution >= 4 is 12.2 Å². The number of nitrogens with zero attached hydrogens (tertiary/aromatic N) is 4. The summed E-state index contributed by atoms with van der Waals surface area (Å²) in [7, 11) is 0. The fourth-order valence-corrected chi connectivity index (χ4v) is 5.32. The van der Waals surface area contributed by atoms with Gasteiger partial charge in [-0.25, -0.2) is 4.68 Å². The molecule has 0 amide bonds. The van der Waals surface area contributed by atoms with Crippen LogP contribution in [0, 0.1) is 4.77 Å². The number of hydrogen-bond donors (Lipinski definition) is 0. The first kappa shape index (κ1) is 21.4. The number of ether oxygens (including phenoxy) is 1. The van der Waals surface area contributed by atoms with Gasteiger partial charge in [-0.3, -0.25) is 9.47 Å². The van der Waals surface area contributed by atoms with Gasteiger partial charge in [-0.05, 0) is 86.7 Å². The van der Waals surface area contributed by atoms with Crippen LogP contribution in [0.5, 0.6) is 5.75 Å². The molecule has 0 bridgehead atoms. The maximum atomic E-state index is 6.18. The third kappa shape index (κ3) is 4.81. The Morgan fingerprint density at radius 3 is 2.31 bits per heavy atom. The zero-order valence-electron chi connectivity index (χ0n) is 18.7. The Morgan fingerprint density at radius 1 is 0.875 bits per heavy atom. The molecular weight excluding hydrogens is 416 g/mol. The monoisotopic (exact) mass is 448 g/mol. The van der Waals surface area contributed by atoms with Crippen molar-refractivity contribution in [2.75, 3.05) is 13.1 Å². The molecule has 0 atom stereocenters. The van der Waals surface area contributed by atoms with Crippen LogP contribution in [-0.4, -0.2) is 32.3 Å². The van der Waals surface area contributed by atoms with E-state index >= 15 is 0 Å². The minimum atomic E-state index is 0.383. The fourth-order valence-electron chi connectivity index (χ4n) is 5.01. The lowest BCUT2D eigenvalue weighted by atomic mass is 9.84. The highest BCUT2D eigenvalue weighted by atomic mass is 32.1. The molecule has 2 heterocycles. The van der Waals surface area contributed by atoms with Crippen LogP contribution < -0.4 is 4.74 Å². The van der Waals surface area contributed by atoms with Gasteiger partial charge in [-0.15, -0.1) is 0 Å². The van der Waals surface area contributed by atoms with Crippen molar-refractivity contribution in [2.45, 2.75) is 64.1 Å². The maximum absolute atomic E-state index is 6.18. The van der Waals surface area contributed by atoms with Crippen LogP contribution >= 0.6 is 12.2 Å². The Labute approximate surface area is 195 Å². The summed E-state index contributed by atoms with van der Waals surface area (Å²) in [6, 6.07) is 18.9. The predicted octanol–water partition coefficient (Wildman–Crippen LogP) is 6.08. The predicted molar refractivity (Wildman–Crippen MR) is 130 cm³/mol. The Morgan fingerprint density at radius 2 is 1.59 bits per heavy atom. The second kappa shape index (κ2) is 10.0. The van der Waals surface area contributed by atoms with E-state index in [4.69, 9.17) is 22.1 Å². The quantitative estimate of drug-likeness (QED) is 0.410. The summed E-state index contributed by atoms with van der Waals surface area (Å²) in [5.74, 6) is 2.42. The van der Waals surface area contributed by atoms with Gasteiger partial charge >= 0.3 is 0 Å². The minimum absolute atomic E-state index is 0.383. The lowest BCUT2D eigenvalue weighted by molar-refractivity contribution is 0.249. The molecule has 1 aliphatic heterocycles. The molecule has 1 aromatic heterocycles. The lowest BCUT2D eigenvalue weighted by Gasteiger charge is -2.22. The van der Waals surface area contributed by atoms with Crippen molar-refractivity contribution in [1.82, 2.24) is 19.2 Å². The van der Waals surface area contributed by atoms with E-state index in [9.17, 15) is 0 Å². The van der Waals surface area contributed by atoms with Gasteiger partial charge in [-0.1, -0.05) is 49.6 Å². The second-order valence-corrected chi connectivity index (χ2v) is 9.39. The van der Waals surface area contributed by atoms with Crippen LogP contribution in [0.2, 0.25) is 0 Å². The first-order valence-electron chi connectivity index (χ1n) is 12.0. The third-order valence-corrected chi connectivity index (χ3v) is 7.17. The number of benzene rings is 2. The van der Waals surface area contributed by atoms with Gasteiger partial charge in [0.25, 0.3) is 0 Å². The minimum Gasteiger partial charge on any atom is -0.486 e. The van der Waals surface area contributed by atoms with E-state index < -0.39 is 0 Å². The Balaban J connectivity index is 1.34. The summed E-state index contributed by atoms with van der Waals surface area (Å²) in [5, 5.41) is 4.86. The zero-order chi connectivity index (χ0) is 21.8. The fraction of sp³-hybridized carbons (Fsp3) is 0.462. The van der Waals surface area contributed by atoms with Gasteiger partial charge in [0, 0.05) is 5.69 Å². The summed E-state index contributed by atoms with van der Waals surface area (Å²) >= 11 is 5.83. The van der Waals surface area contributed by atoms with Gasteiger partial charge in [0.2, 0.25) is 4.77 Å². The van der Waals surface area contributed by atoms with Crippen molar-refractivity contribution in [1.29, 1.82) is 0 Å². The van der Waals surface area contributed by atoms with Crippen molar-refractivity contribution in [3.63, 3.8) is 0 Å². The first-order chi connectivity index (χ1) is 15.8. The molecule has 2 aromatic carbocycles. The van der Waals surface area contributed by atoms with Crippen molar-refractivity contribution < 1.29 is 4.74 Å². The number of aromatic nitrogens is 3. The summed E-state index contributed by atoms with van der Waals surface area (Å²) in [6.07, 6.45) is 9.21. The number of para-hydroxylation sites is 1. The van der Waals surface area contributed by atoms with Crippen LogP contribution in [0.15, 0.2) is 54.6 Å². The standard InChI is InChI=1S/C26H32N4OS/c32-26-29(20-28-17-7-8-18-28)27-25(30(26)23-11-5-2-6-12-23)19-31-24-15-13-22(14-16-24)21-9-3-1-4-10-21/h2,5-6,11-16,21H,1,3-4,7-10,17-20H2. The molecule has 2 aliphatic rings. The van der Waals surface area contributed by atoms with Crippen LogP contribution in [-0.2, 0) is 13.3 Å². The molecule has 1 saturated heterocycles. The van der Waals surface area contributed by atoms with Gasteiger partial charge < -0.3 is 4.74 Å². The second-order valence-electron chi connectivity index (χ2n) is 9.03. The van der Waals surface area contributed by atoms with Crippen LogP contribution in [0.4, 0.5) is 0 Å². The molecule has 5 rings (SSSR count). The molecule has 0 N–H and O–H groups in total. The largest absolute Gasteiger partial charge is 0.486 e. The van der Waals surface area contributed by atoms with E-state index in [2.05, 4.69) is 41.3 Å². The SMILES string of the molecule is S=c1n(CN2CCCC2)nc(COc2ccc(C3CCCCC3)cc2)n1-c1ccccc1. The van der Waals surface area contributed by atoms with E-state index in [1.165, 1.54) is 50.5 Å². The lowest BCUT2D eigenvalue weighted by Crippen LogP contribution is -2.23. The van der Waals surface area contributed by atoms with E-state index in [0.717, 1.165) is 37.0 Å². The number of likely N-dealkylation sites (tertiary alicyclic amines) is 1. The summed E-state index contributed by atoms with van der Waals surface area (Å²) in [5.41, 5.74) is 2.47. The van der Waals surface area contributed by atoms with E-state index in [-0.39, 0.29) is 0 Å². The zero-order valence-corrected chi connectivity index (χ0v) is 19.5. The molecule has 32 heavy (non-hydrogen) atoms. The topological polar surface area (TPSA) is 35.2 Å². The first-order valence-corrected chi connectivity index (χ1v) is 12.4. The summed E-state index contributed by atoms with van der Waals surface area (Å²) in [4.78, 5) is 2.41. The summed E-state index contributed by atoms with van der Waals surface area (Å²) in [6.45, 7) is 3.34. The van der Waals surface area contributed by atoms with E-state index in [0.29, 0.717) is 17.3 Å². The van der Waals surface area contributed by atoms with Crippen molar-refractivity contribution in [3.8, 4) is 11.4 Å². The number of hydrogen-bond acceptors (Lipinski definition) is 4.